The Hall–Kier alpha value is -2.56. The highest BCUT2D eigenvalue weighted by Crippen LogP contribution is 2.25. The number of hydrogen-bond acceptors (Lipinski definition) is 6. The minimum atomic E-state index is -3.88. The number of hydrogen-bond donors (Lipinski definition) is 3. The fourth-order valence-electron chi connectivity index (χ4n) is 2.48. The lowest BCUT2D eigenvalue weighted by Crippen LogP contribution is -2.42. The van der Waals surface area contributed by atoms with Crippen LogP contribution in [0.25, 0.3) is 10.2 Å². The van der Waals surface area contributed by atoms with Crippen molar-refractivity contribution in [3.63, 3.8) is 0 Å². The number of carbonyl (C=O) groups is 1. The van der Waals surface area contributed by atoms with E-state index in [1.54, 1.807) is 12.1 Å². The lowest BCUT2D eigenvalue weighted by Gasteiger charge is -2.08. The van der Waals surface area contributed by atoms with Crippen molar-refractivity contribution in [2.24, 2.45) is 0 Å². The van der Waals surface area contributed by atoms with Gasteiger partial charge in [-0.05, 0) is 38.5 Å². The summed E-state index contributed by atoms with van der Waals surface area (Å²) >= 11 is 1.38. The Balaban J connectivity index is 1.72. The molecule has 0 saturated carbocycles. The summed E-state index contributed by atoms with van der Waals surface area (Å²) in [7, 11) is -3.88. The molecule has 0 aliphatic rings. The van der Waals surface area contributed by atoms with Gasteiger partial charge in [-0.1, -0.05) is 17.7 Å². The molecule has 2 aromatic heterocycles. The number of amides is 1. The van der Waals surface area contributed by atoms with Crippen LogP contribution in [0, 0.1) is 20.8 Å². The molecule has 8 nitrogen and oxygen atoms in total. The highest BCUT2D eigenvalue weighted by Gasteiger charge is 2.17. The number of hydrazine groups is 1. The second-order valence-corrected chi connectivity index (χ2v) is 9.01. The van der Waals surface area contributed by atoms with Gasteiger partial charge in [-0.3, -0.25) is 15.0 Å². The zero-order valence-corrected chi connectivity index (χ0v) is 16.5. The molecule has 0 saturated heterocycles. The van der Waals surface area contributed by atoms with Gasteiger partial charge in [-0.2, -0.15) is 0 Å². The predicted molar refractivity (Wildman–Crippen MR) is 103 cm³/mol. The Morgan fingerprint density at radius 1 is 1.19 bits per heavy atom. The van der Waals surface area contributed by atoms with Gasteiger partial charge in [0.05, 0.1) is 16.7 Å². The highest BCUT2D eigenvalue weighted by molar-refractivity contribution is 7.89. The zero-order valence-electron chi connectivity index (χ0n) is 14.9. The maximum atomic E-state index is 12.2. The van der Waals surface area contributed by atoms with Crippen LogP contribution in [0.4, 0.5) is 0 Å². The van der Waals surface area contributed by atoms with Crippen LogP contribution in [-0.2, 0) is 21.2 Å². The van der Waals surface area contributed by atoms with Crippen molar-refractivity contribution in [1.82, 2.24) is 20.2 Å². The molecular weight excluding hydrogens is 388 g/mol. The summed E-state index contributed by atoms with van der Waals surface area (Å²) in [5.41, 5.74) is 3.60. The Morgan fingerprint density at radius 2 is 1.85 bits per heavy atom. The smallest absolute Gasteiger partial charge is 0.259 e. The summed E-state index contributed by atoms with van der Waals surface area (Å²) in [6.45, 7) is 5.58. The molecule has 27 heavy (non-hydrogen) atoms. The second-order valence-electron chi connectivity index (χ2n) is 6.12. The van der Waals surface area contributed by atoms with Crippen LogP contribution in [0.1, 0.15) is 21.8 Å². The molecule has 1 amide bonds. The number of thiophene rings is 1. The molecule has 0 spiro atoms. The van der Waals surface area contributed by atoms with Crippen LogP contribution in [-0.4, -0.2) is 24.3 Å². The van der Waals surface area contributed by atoms with E-state index in [1.807, 2.05) is 25.6 Å². The Labute approximate surface area is 159 Å². The van der Waals surface area contributed by atoms with E-state index >= 15 is 0 Å². The van der Waals surface area contributed by atoms with Crippen LogP contribution in [0.5, 0.6) is 0 Å². The molecule has 10 heteroatoms. The topological polar surface area (TPSA) is 121 Å². The average Bonchev–Trinajstić information content (AvgIpc) is 2.88. The quantitative estimate of drug-likeness (QED) is 0.554. The van der Waals surface area contributed by atoms with Crippen LogP contribution < -0.4 is 15.8 Å². The first-order chi connectivity index (χ1) is 12.7. The van der Waals surface area contributed by atoms with Gasteiger partial charge in [0.2, 0.25) is 5.91 Å². The Morgan fingerprint density at radius 3 is 2.52 bits per heavy atom. The van der Waals surface area contributed by atoms with Gasteiger partial charge in [0.1, 0.15) is 10.7 Å². The Bertz CT molecular complexity index is 1180. The number of sulfonamides is 1. The standard InChI is InChI=1S/C17H18N4O4S2/c1-9-4-6-12(7-5-9)27(24,25)21-20-14(22)8-13-18-16(23)15-10(2)11(3)26-17(15)19-13/h4-7,21H,8H2,1-3H3,(H,20,22)(H,18,19,23). The number of H-pyrrole nitrogens is 1. The van der Waals surface area contributed by atoms with E-state index in [2.05, 4.69) is 15.4 Å². The molecule has 0 unspecified atom stereocenters. The first-order valence-electron chi connectivity index (χ1n) is 8.03. The molecule has 0 fully saturated rings. The average molecular weight is 406 g/mol. The largest absolute Gasteiger partial charge is 0.309 e. The van der Waals surface area contributed by atoms with Crippen molar-refractivity contribution < 1.29 is 13.2 Å². The maximum Gasteiger partial charge on any atom is 0.259 e. The van der Waals surface area contributed by atoms with E-state index in [1.165, 1.54) is 23.5 Å². The van der Waals surface area contributed by atoms with Crippen molar-refractivity contribution >= 4 is 37.5 Å². The summed E-state index contributed by atoms with van der Waals surface area (Å²) in [6, 6.07) is 6.20. The van der Waals surface area contributed by atoms with E-state index in [-0.39, 0.29) is 22.7 Å². The first-order valence-corrected chi connectivity index (χ1v) is 10.3. The van der Waals surface area contributed by atoms with Crippen LogP contribution >= 0.6 is 11.3 Å². The third kappa shape index (κ3) is 4.07. The number of nitrogens with zero attached hydrogens (tertiary/aromatic N) is 1. The van der Waals surface area contributed by atoms with Crippen molar-refractivity contribution in [2.75, 3.05) is 0 Å². The lowest BCUT2D eigenvalue weighted by molar-refractivity contribution is -0.121. The van der Waals surface area contributed by atoms with Gasteiger partial charge in [0, 0.05) is 4.88 Å². The normalized spacial score (nSPS) is 11.7. The summed E-state index contributed by atoms with van der Waals surface area (Å²) in [4.78, 5) is 34.8. The third-order valence-corrected chi connectivity index (χ3v) is 6.44. The van der Waals surface area contributed by atoms with E-state index in [0.29, 0.717) is 10.2 Å². The zero-order chi connectivity index (χ0) is 19.8. The lowest BCUT2D eigenvalue weighted by atomic mass is 10.2. The van der Waals surface area contributed by atoms with E-state index < -0.39 is 15.9 Å². The second kappa shape index (κ2) is 7.22. The number of aromatic nitrogens is 2. The molecule has 1 aromatic carbocycles. The molecule has 0 aliphatic heterocycles. The monoisotopic (exact) mass is 406 g/mol. The summed E-state index contributed by atoms with van der Waals surface area (Å²) in [6.07, 6.45) is -0.266. The number of rotatable bonds is 5. The maximum absolute atomic E-state index is 12.2. The number of nitrogens with one attached hydrogen (secondary N) is 3. The van der Waals surface area contributed by atoms with Gasteiger partial charge in [0.15, 0.2) is 0 Å². The molecule has 3 rings (SSSR count). The van der Waals surface area contributed by atoms with Gasteiger partial charge < -0.3 is 4.98 Å². The van der Waals surface area contributed by atoms with Crippen LogP contribution in [0.15, 0.2) is 34.0 Å². The molecule has 2 heterocycles. The Kier molecular flexibility index (Phi) is 5.13. The SMILES string of the molecule is Cc1ccc(S(=O)(=O)NNC(=O)Cc2nc3sc(C)c(C)c3c(=O)[nH]2)cc1. The number of fused-ring (bicyclic) bond motifs is 1. The number of aryl methyl sites for hydroxylation is 3. The molecular formula is C17H18N4O4S2. The van der Waals surface area contributed by atoms with E-state index in [0.717, 1.165) is 16.0 Å². The highest BCUT2D eigenvalue weighted by atomic mass is 32.2. The van der Waals surface area contributed by atoms with Crippen molar-refractivity contribution in [1.29, 1.82) is 0 Å². The molecule has 0 aliphatic carbocycles. The minimum Gasteiger partial charge on any atom is -0.309 e. The van der Waals surface area contributed by atoms with Gasteiger partial charge in [-0.25, -0.2) is 13.4 Å². The van der Waals surface area contributed by atoms with Crippen LogP contribution in [0.2, 0.25) is 0 Å². The van der Waals surface area contributed by atoms with Crippen molar-refractivity contribution in [3.05, 3.63) is 56.4 Å². The number of benzene rings is 1. The molecule has 142 valence electrons. The van der Waals surface area contributed by atoms with Gasteiger partial charge in [-0.15, -0.1) is 16.2 Å². The first kappa shape index (κ1) is 19.2. The minimum absolute atomic E-state index is 0.0332. The summed E-state index contributed by atoms with van der Waals surface area (Å²) in [5.74, 6) is -0.473. The fraction of sp³-hybridized carbons (Fsp3) is 0.235. The third-order valence-electron chi connectivity index (χ3n) is 4.07. The van der Waals surface area contributed by atoms with Crippen LogP contribution in [0.3, 0.4) is 0 Å². The molecule has 0 atom stereocenters. The van der Waals surface area contributed by atoms with E-state index in [4.69, 9.17) is 0 Å². The van der Waals surface area contributed by atoms with Gasteiger partial charge >= 0.3 is 0 Å². The number of carbonyl (C=O) groups excluding carboxylic acids is 1. The predicted octanol–water partition coefficient (Wildman–Crippen LogP) is 1.46. The molecule has 0 radical (unpaired) electrons. The fourth-order valence-corrected chi connectivity index (χ4v) is 4.39. The summed E-state index contributed by atoms with van der Waals surface area (Å²) in [5, 5.41) is 0.515. The molecule has 3 N–H and O–H groups in total. The van der Waals surface area contributed by atoms with E-state index in [9.17, 15) is 18.0 Å². The van der Waals surface area contributed by atoms with Gasteiger partial charge in [0.25, 0.3) is 15.6 Å². The van der Waals surface area contributed by atoms with Crippen molar-refractivity contribution in [3.8, 4) is 0 Å². The number of aromatic amines is 1. The summed E-state index contributed by atoms with van der Waals surface area (Å²) < 4.78 is 24.3. The van der Waals surface area contributed by atoms with Crippen molar-refractivity contribution in [2.45, 2.75) is 32.1 Å². The molecule has 3 aromatic rings. The molecule has 0 bridgehead atoms.